The van der Waals surface area contributed by atoms with Crippen molar-refractivity contribution in [2.45, 2.75) is 19.0 Å². The minimum absolute atomic E-state index is 0.0890. The van der Waals surface area contributed by atoms with Crippen LogP contribution in [0.2, 0.25) is 0 Å². The fourth-order valence-electron chi connectivity index (χ4n) is 2.40. The maximum Gasteiger partial charge on any atom is 0.221 e. The van der Waals surface area contributed by atoms with Gasteiger partial charge in [0, 0.05) is 37.1 Å². The van der Waals surface area contributed by atoms with Gasteiger partial charge in [-0.15, -0.1) is 0 Å². The average molecular weight is 317 g/mol. The summed E-state index contributed by atoms with van der Waals surface area (Å²) >= 11 is 1.90. The number of amides is 1. The van der Waals surface area contributed by atoms with Gasteiger partial charge in [0.1, 0.15) is 12.7 Å². The summed E-state index contributed by atoms with van der Waals surface area (Å²) in [6.45, 7) is 1.52. The second-order valence-corrected chi connectivity index (χ2v) is 6.37. The van der Waals surface area contributed by atoms with Crippen molar-refractivity contribution in [3.63, 3.8) is 0 Å². The molecule has 22 heavy (non-hydrogen) atoms. The van der Waals surface area contributed by atoms with Gasteiger partial charge in [0.25, 0.3) is 0 Å². The van der Waals surface area contributed by atoms with Gasteiger partial charge in [-0.1, -0.05) is 12.1 Å². The fraction of sp³-hybridized carbons (Fsp3) is 0.400. The van der Waals surface area contributed by atoms with Crippen LogP contribution >= 0.6 is 11.8 Å². The molecule has 0 spiro atoms. The molecule has 3 rings (SSSR count). The Balaban J connectivity index is 1.52. The molecule has 7 heteroatoms. The minimum Gasteiger partial charge on any atom is -0.352 e. The molecule has 1 aliphatic heterocycles. The van der Waals surface area contributed by atoms with Crippen molar-refractivity contribution < 1.29 is 4.79 Å². The lowest BCUT2D eigenvalue weighted by molar-refractivity contribution is -0.121. The Morgan fingerprint density at radius 2 is 2.45 bits per heavy atom. The van der Waals surface area contributed by atoms with Crippen LogP contribution < -0.4 is 10.6 Å². The molecule has 1 fully saturated rings. The molecule has 2 N–H and O–H groups in total. The van der Waals surface area contributed by atoms with Gasteiger partial charge >= 0.3 is 0 Å². The van der Waals surface area contributed by atoms with Crippen molar-refractivity contribution in [3.8, 4) is 5.69 Å². The van der Waals surface area contributed by atoms with Crippen molar-refractivity contribution >= 4 is 17.7 Å². The third-order valence-corrected chi connectivity index (χ3v) is 4.64. The van der Waals surface area contributed by atoms with E-state index in [-0.39, 0.29) is 5.91 Å². The Kier molecular flexibility index (Phi) is 5.07. The Labute approximate surface area is 133 Å². The van der Waals surface area contributed by atoms with Crippen LogP contribution in [0.15, 0.2) is 36.9 Å². The summed E-state index contributed by atoms with van der Waals surface area (Å²) in [4.78, 5) is 16.0. The molecule has 2 heterocycles. The Hall–Kier alpha value is -1.86. The first-order chi connectivity index (χ1) is 10.8. The maximum atomic E-state index is 12.0. The smallest absolute Gasteiger partial charge is 0.221 e. The van der Waals surface area contributed by atoms with Crippen LogP contribution in [0.3, 0.4) is 0 Å². The normalized spacial score (nSPS) is 18.1. The van der Waals surface area contributed by atoms with Crippen LogP contribution in [0.25, 0.3) is 5.69 Å². The van der Waals surface area contributed by atoms with Gasteiger partial charge in [-0.3, -0.25) is 4.79 Å². The molecule has 1 aliphatic rings. The zero-order chi connectivity index (χ0) is 15.2. The van der Waals surface area contributed by atoms with E-state index in [1.165, 1.54) is 6.33 Å². The highest BCUT2D eigenvalue weighted by Gasteiger charge is 2.16. The summed E-state index contributed by atoms with van der Waals surface area (Å²) in [5, 5.41) is 10.5. The van der Waals surface area contributed by atoms with Crippen molar-refractivity contribution in [3.05, 3.63) is 42.5 Å². The van der Waals surface area contributed by atoms with E-state index in [0.29, 0.717) is 19.0 Å². The van der Waals surface area contributed by atoms with Gasteiger partial charge in [-0.25, -0.2) is 9.67 Å². The van der Waals surface area contributed by atoms with Crippen molar-refractivity contribution in [1.82, 2.24) is 25.4 Å². The minimum atomic E-state index is 0.0890. The van der Waals surface area contributed by atoms with E-state index < -0.39 is 0 Å². The van der Waals surface area contributed by atoms with Crippen LogP contribution in [0.4, 0.5) is 0 Å². The zero-order valence-electron chi connectivity index (χ0n) is 12.2. The van der Waals surface area contributed by atoms with Gasteiger partial charge in [0.15, 0.2) is 0 Å². The van der Waals surface area contributed by atoms with E-state index in [2.05, 4.69) is 20.7 Å². The van der Waals surface area contributed by atoms with Gasteiger partial charge in [-0.2, -0.15) is 16.9 Å². The molecule has 1 amide bonds. The molecule has 1 saturated heterocycles. The van der Waals surface area contributed by atoms with E-state index in [0.717, 1.165) is 29.3 Å². The van der Waals surface area contributed by atoms with Gasteiger partial charge in [0.2, 0.25) is 5.91 Å². The molecule has 0 aliphatic carbocycles. The number of aromatic nitrogens is 3. The van der Waals surface area contributed by atoms with E-state index in [4.69, 9.17) is 0 Å². The molecule has 2 aromatic rings. The fourth-order valence-corrected chi connectivity index (χ4v) is 3.35. The topological polar surface area (TPSA) is 71.8 Å². The highest BCUT2D eigenvalue weighted by Crippen LogP contribution is 2.11. The van der Waals surface area contributed by atoms with Crippen molar-refractivity contribution in [1.29, 1.82) is 0 Å². The number of carbonyl (C=O) groups is 1. The van der Waals surface area contributed by atoms with E-state index in [1.807, 2.05) is 36.0 Å². The molecule has 116 valence electrons. The van der Waals surface area contributed by atoms with Crippen LogP contribution in [-0.4, -0.2) is 44.8 Å². The summed E-state index contributed by atoms with van der Waals surface area (Å²) in [5.74, 6) is 2.23. The van der Waals surface area contributed by atoms with Gasteiger partial charge in [0.05, 0.1) is 5.69 Å². The van der Waals surface area contributed by atoms with Crippen molar-refractivity contribution in [2.24, 2.45) is 0 Å². The van der Waals surface area contributed by atoms with Crippen LogP contribution in [0, 0.1) is 0 Å². The number of rotatable bonds is 5. The maximum absolute atomic E-state index is 12.0. The van der Waals surface area contributed by atoms with Crippen molar-refractivity contribution in [2.75, 3.05) is 18.1 Å². The molecular weight excluding hydrogens is 298 g/mol. The van der Waals surface area contributed by atoms with E-state index in [9.17, 15) is 4.79 Å². The predicted octanol–water partition coefficient (Wildman–Crippen LogP) is 0.979. The second-order valence-electron chi connectivity index (χ2n) is 5.22. The number of nitrogens with zero attached hydrogens (tertiary/aromatic N) is 3. The van der Waals surface area contributed by atoms with Gasteiger partial charge in [-0.05, 0) is 17.7 Å². The Morgan fingerprint density at radius 1 is 1.50 bits per heavy atom. The Morgan fingerprint density at radius 3 is 3.23 bits per heavy atom. The molecule has 0 saturated carbocycles. The molecule has 0 radical (unpaired) electrons. The third-order valence-electron chi connectivity index (χ3n) is 3.51. The van der Waals surface area contributed by atoms with Crippen LogP contribution in [0.1, 0.15) is 12.0 Å². The first-order valence-electron chi connectivity index (χ1n) is 7.33. The molecule has 0 bridgehead atoms. The van der Waals surface area contributed by atoms with E-state index in [1.54, 1.807) is 11.0 Å². The van der Waals surface area contributed by atoms with E-state index >= 15 is 0 Å². The molecule has 1 unspecified atom stereocenters. The van der Waals surface area contributed by atoms with Crippen LogP contribution in [-0.2, 0) is 11.3 Å². The number of thioether (sulfide) groups is 1. The number of nitrogens with one attached hydrogen (secondary N) is 2. The molecular formula is C15H19N5OS. The Bertz CT molecular complexity index is 610. The zero-order valence-corrected chi connectivity index (χ0v) is 13.1. The largest absolute Gasteiger partial charge is 0.352 e. The lowest BCUT2D eigenvalue weighted by atomic mass is 10.2. The summed E-state index contributed by atoms with van der Waals surface area (Å²) in [7, 11) is 0. The summed E-state index contributed by atoms with van der Waals surface area (Å²) < 4.78 is 1.70. The summed E-state index contributed by atoms with van der Waals surface area (Å²) in [6, 6.07) is 8.21. The lowest BCUT2D eigenvalue weighted by Crippen LogP contribution is -2.41. The number of benzene rings is 1. The quantitative estimate of drug-likeness (QED) is 0.860. The number of hydrogen-bond donors (Lipinski definition) is 2. The molecule has 1 aromatic carbocycles. The SMILES string of the molecule is O=C(CC1CSCCN1)NCc1cccc(-n2cncn2)c1. The standard InChI is InChI=1S/C15H19N5OS/c21-15(7-13-9-22-5-4-17-13)18-8-12-2-1-3-14(6-12)20-11-16-10-19-20/h1-3,6,10-11,13,17H,4-5,7-9H2,(H,18,21). The first-order valence-corrected chi connectivity index (χ1v) is 8.48. The number of hydrogen-bond acceptors (Lipinski definition) is 5. The molecule has 1 atom stereocenters. The van der Waals surface area contributed by atoms with Gasteiger partial charge < -0.3 is 10.6 Å². The highest BCUT2D eigenvalue weighted by molar-refractivity contribution is 7.99. The monoisotopic (exact) mass is 317 g/mol. The molecule has 6 nitrogen and oxygen atoms in total. The second kappa shape index (κ2) is 7.42. The summed E-state index contributed by atoms with van der Waals surface area (Å²) in [5.41, 5.74) is 1.99. The number of carbonyl (C=O) groups excluding carboxylic acids is 1. The lowest BCUT2D eigenvalue weighted by Gasteiger charge is -2.22. The first kappa shape index (κ1) is 15.1. The highest BCUT2D eigenvalue weighted by atomic mass is 32.2. The molecule has 1 aromatic heterocycles. The third kappa shape index (κ3) is 4.08. The van der Waals surface area contributed by atoms with Crippen LogP contribution in [0.5, 0.6) is 0 Å². The summed E-state index contributed by atoms with van der Waals surface area (Å²) in [6.07, 6.45) is 3.70. The average Bonchev–Trinajstić information content (AvgIpc) is 3.09. The predicted molar refractivity (Wildman–Crippen MR) is 86.9 cm³/mol.